The second-order valence-electron chi connectivity index (χ2n) is 6.40. The summed E-state index contributed by atoms with van der Waals surface area (Å²) in [6, 6.07) is 0. The summed E-state index contributed by atoms with van der Waals surface area (Å²) in [5, 5.41) is 7.77. The smallest absolute Gasteiger partial charge is 0.410 e. The molecule has 0 aromatic carbocycles. The number of hydrogen-bond acceptors (Lipinski definition) is 6. The molecule has 124 valence electrons. The van der Waals surface area contributed by atoms with Gasteiger partial charge in [-0.15, -0.1) is 0 Å². The van der Waals surface area contributed by atoms with E-state index in [0.29, 0.717) is 31.8 Å². The van der Waals surface area contributed by atoms with Crippen molar-refractivity contribution >= 4 is 34.5 Å². The minimum absolute atomic E-state index is 0.173. The van der Waals surface area contributed by atoms with Crippen LogP contribution in [0.1, 0.15) is 20.8 Å². The van der Waals surface area contributed by atoms with Crippen LogP contribution in [-0.4, -0.2) is 62.9 Å². The molecular weight excluding hydrogens is 320 g/mol. The van der Waals surface area contributed by atoms with Crippen molar-refractivity contribution in [3.63, 3.8) is 0 Å². The molecule has 23 heavy (non-hydrogen) atoms. The monoisotopic (exact) mass is 338 g/mol. The molecule has 1 amide bonds. The molecule has 8 nitrogen and oxygen atoms in total. The molecule has 0 spiro atoms. The Balaban J connectivity index is 1.71. The highest BCUT2D eigenvalue weighted by molar-refractivity contribution is 6.28. The number of fused-ring (bicyclic) bond motifs is 1. The standard InChI is InChI=1S/C14H19ClN6O2/c1-14(2,3)23-13(22)21-6-4-20(5-7-21)11-9-8-16-19-10(9)17-12(15)18-11/h8H,4-7H2,1-3H3,(H,16,17,18,19). The molecule has 0 bridgehead atoms. The zero-order chi connectivity index (χ0) is 16.6. The lowest BCUT2D eigenvalue weighted by Gasteiger charge is -2.36. The largest absolute Gasteiger partial charge is 0.444 e. The van der Waals surface area contributed by atoms with E-state index in [4.69, 9.17) is 16.3 Å². The number of anilines is 1. The van der Waals surface area contributed by atoms with E-state index < -0.39 is 5.60 Å². The Labute approximate surface area is 138 Å². The fourth-order valence-electron chi connectivity index (χ4n) is 2.46. The van der Waals surface area contributed by atoms with E-state index in [1.54, 1.807) is 11.1 Å². The number of piperazine rings is 1. The van der Waals surface area contributed by atoms with Crippen LogP contribution in [0.2, 0.25) is 5.28 Å². The Bertz CT molecular complexity index is 718. The molecule has 0 unspecified atom stereocenters. The van der Waals surface area contributed by atoms with Crippen molar-refractivity contribution in [3.8, 4) is 0 Å². The summed E-state index contributed by atoms with van der Waals surface area (Å²) in [5.41, 5.74) is 0.117. The fraction of sp³-hybridized carbons (Fsp3) is 0.571. The number of hydrogen-bond donors (Lipinski definition) is 1. The summed E-state index contributed by atoms with van der Waals surface area (Å²) >= 11 is 5.97. The minimum atomic E-state index is -0.489. The van der Waals surface area contributed by atoms with E-state index in [-0.39, 0.29) is 11.4 Å². The molecule has 9 heteroatoms. The topological polar surface area (TPSA) is 87.2 Å². The number of amides is 1. The Morgan fingerprint density at radius 2 is 1.96 bits per heavy atom. The van der Waals surface area contributed by atoms with Crippen LogP contribution >= 0.6 is 11.6 Å². The van der Waals surface area contributed by atoms with E-state index in [0.717, 1.165) is 11.2 Å². The normalized spacial score (nSPS) is 16.0. The van der Waals surface area contributed by atoms with Gasteiger partial charge in [-0.25, -0.2) is 4.79 Å². The second kappa shape index (κ2) is 5.84. The van der Waals surface area contributed by atoms with Crippen LogP contribution in [0.3, 0.4) is 0 Å². The van der Waals surface area contributed by atoms with E-state index in [1.165, 1.54) is 0 Å². The maximum atomic E-state index is 12.1. The molecule has 2 aromatic rings. The van der Waals surface area contributed by atoms with Crippen molar-refractivity contribution in [2.24, 2.45) is 0 Å². The number of carbonyl (C=O) groups excluding carboxylic acids is 1. The first-order chi connectivity index (χ1) is 10.8. The van der Waals surface area contributed by atoms with E-state index in [9.17, 15) is 4.79 Å². The first-order valence-corrected chi connectivity index (χ1v) is 7.81. The van der Waals surface area contributed by atoms with Crippen LogP contribution in [0, 0.1) is 0 Å². The summed E-state index contributed by atoms with van der Waals surface area (Å²) in [6.45, 7) is 8.00. The van der Waals surface area contributed by atoms with Crippen LogP contribution in [0.4, 0.5) is 10.6 Å². The SMILES string of the molecule is CC(C)(C)OC(=O)N1CCN(c2nc(Cl)nc3[nH]ncc23)CC1. The second-order valence-corrected chi connectivity index (χ2v) is 6.74. The molecule has 0 atom stereocenters. The lowest BCUT2D eigenvalue weighted by Crippen LogP contribution is -2.50. The van der Waals surface area contributed by atoms with E-state index >= 15 is 0 Å². The number of aromatic amines is 1. The van der Waals surface area contributed by atoms with Gasteiger partial charge in [-0.3, -0.25) is 5.10 Å². The van der Waals surface area contributed by atoms with Crippen molar-refractivity contribution < 1.29 is 9.53 Å². The van der Waals surface area contributed by atoms with Gasteiger partial charge < -0.3 is 14.5 Å². The third-order valence-corrected chi connectivity index (χ3v) is 3.66. The molecular formula is C14H19ClN6O2. The quantitative estimate of drug-likeness (QED) is 0.801. The lowest BCUT2D eigenvalue weighted by molar-refractivity contribution is 0.0240. The number of nitrogens with zero attached hydrogens (tertiary/aromatic N) is 5. The van der Waals surface area contributed by atoms with Gasteiger partial charge in [-0.2, -0.15) is 15.1 Å². The van der Waals surface area contributed by atoms with E-state index in [1.807, 2.05) is 20.8 Å². The van der Waals surface area contributed by atoms with Crippen LogP contribution in [-0.2, 0) is 4.74 Å². The zero-order valence-electron chi connectivity index (χ0n) is 13.3. The number of ether oxygens (including phenoxy) is 1. The van der Waals surface area contributed by atoms with Crippen LogP contribution in [0.5, 0.6) is 0 Å². The van der Waals surface area contributed by atoms with Gasteiger partial charge >= 0.3 is 6.09 Å². The highest BCUT2D eigenvalue weighted by atomic mass is 35.5. The predicted octanol–water partition coefficient (Wildman–Crippen LogP) is 2.06. The highest BCUT2D eigenvalue weighted by Gasteiger charge is 2.27. The average molecular weight is 339 g/mol. The van der Waals surface area contributed by atoms with Crippen LogP contribution in [0.25, 0.3) is 11.0 Å². The zero-order valence-corrected chi connectivity index (χ0v) is 14.1. The van der Waals surface area contributed by atoms with Gasteiger partial charge in [0.05, 0.1) is 11.6 Å². The van der Waals surface area contributed by atoms with Gasteiger partial charge in [0.25, 0.3) is 0 Å². The lowest BCUT2D eigenvalue weighted by atomic mass is 10.2. The Morgan fingerprint density at radius 1 is 1.26 bits per heavy atom. The van der Waals surface area contributed by atoms with Crippen molar-refractivity contribution in [2.45, 2.75) is 26.4 Å². The summed E-state index contributed by atoms with van der Waals surface area (Å²) in [5.74, 6) is 0.734. The van der Waals surface area contributed by atoms with Crippen molar-refractivity contribution in [2.75, 3.05) is 31.1 Å². The highest BCUT2D eigenvalue weighted by Crippen LogP contribution is 2.25. The van der Waals surface area contributed by atoms with Crippen LogP contribution < -0.4 is 4.90 Å². The molecule has 0 saturated carbocycles. The number of nitrogens with one attached hydrogen (secondary N) is 1. The number of H-pyrrole nitrogens is 1. The summed E-state index contributed by atoms with van der Waals surface area (Å²) in [6.07, 6.45) is 1.40. The molecule has 1 fully saturated rings. The van der Waals surface area contributed by atoms with Gasteiger partial charge in [0.15, 0.2) is 5.65 Å². The summed E-state index contributed by atoms with van der Waals surface area (Å²) in [7, 11) is 0. The molecule has 2 aromatic heterocycles. The van der Waals surface area contributed by atoms with Gasteiger partial charge in [0, 0.05) is 26.2 Å². The molecule has 0 radical (unpaired) electrons. The maximum absolute atomic E-state index is 12.1. The molecule has 1 aliphatic heterocycles. The first kappa shape index (κ1) is 15.8. The van der Waals surface area contributed by atoms with Gasteiger partial charge in [0.2, 0.25) is 5.28 Å². The van der Waals surface area contributed by atoms with Gasteiger partial charge in [0.1, 0.15) is 11.4 Å². The Hall–Kier alpha value is -2.09. The Morgan fingerprint density at radius 3 is 2.61 bits per heavy atom. The fourth-order valence-corrected chi connectivity index (χ4v) is 2.63. The number of halogens is 1. The molecule has 3 heterocycles. The van der Waals surface area contributed by atoms with Crippen molar-refractivity contribution in [1.29, 1.82) is 0 Å². The summed E-state index contributed by atoms with van der Waals surface area (Å²) in [4.78, 5) is 24.3. The van der Waals surface area contributed by atoms with Gasteiger partial charge in [-0.1, -0.05) is 0 Å². The van der Waals surface area contributed by atoms with E-state index in [2.05, 4.69) is 25.1 Å². The number of rotatable bonds is 1. The molecule has 0 aliphatic carbocycles. The Kier molecular flexibility index (Phi) is 4.01. The third-order valence-electron chi connectivity index (χ3n) is 3.49. The number of aromatic nitrogens is 4. The summed E-state index contributed by atoms with van der Waals surface area (Å²) < 4.78 is 5.40. The molecule has 1 aliphatic rings. The molecule has 3 rings (SSSR count). The number of carbonyl (C=O) groups is 1. The van der Waals surface area contributed by atoms with Crippen molar-refractivity contribution in [1.82, 2.24) is 25.1 Å². The van der Waals surface area contributed by atoms with Crippen molar-refractivity contribution in [3.05, 3.63) is 11.5 Å². The first-order valence-electron chi connectivity index (χ1n) is 7.43. The predicted molar refractivity (Wildman–Crippen MR) is 86.7 cm³/mol. The van der Waals surface area contributed by atoms with Gasteiger partial charge in [-0.05, 0) is 32.4 Å². The average Bonchev–Trinajstić information content (AvgIpc) is 2.93. The van der Waals surface area contributed by atoms with Crippen LogP contribution in [0.15, 0.2) is 6.20 Å². The molecule has 1 saturated heterocycles. The third kappa shape index (κ3) is 3.47. The molecule has 1 N–H and O–H groups in total. The minimum Gasteiger partial charge on any atom is -0.444 e. The maximum Gasteiger partial charge on any atom is 0.410 e.